The van der Waals surface area contributed by atoms with Gasteiger partial charge in [-0.15, -0.1) is 0 Å². The van der Waals surface area contributed by atoms with E-state index in [2.05, 4.69) is 37.4 Å². The minimum absolute atomic E-state index is 0.442. The summed E-state index contributed by atoms with van der Waals surface area (Å²) in [6.07, 6.45) is 4.76. The molecule has 1 saturated heterocycles. The van der Waals surface area contributed by atoms with Crippen LogP contribution in [0.25, 0.3) is 0 Å². The number of hydrogen-bond donors (Lipinski definition) is 1. The minimum Gasteiger partial charge on any atom is -0.496 e. The van der Waals surface area contributed by atoms with Gasteiger partial charge in [-0.1, -0.05) is 19.1 Å². The van der Waals surface area contributed by atoms with Crippen molar-refractivity contribution in [1.29, 1.82) is 0 Å². The molecule has 3 nitrogen and oxygen atoms in total. The van der Waals surface area contributed by atoms with Crippen LogP contribution in [0, 0.1) is 12.8 Å². The number of ether oxygens (including phenoxy) is 2. The van der Waals surface area contributed by atoms with E-state index in [0.717, 1.165) is 31.4 Å². The van der Waals surface area contributed by atoms with E-state index in [0.29, 0.717) is 6.04 Å². The SMILES string of the molecule is CCCNC(CC1CCOCC1)c1ccc(OC)c(C)c1. The van der Waals surface area contributed by atoms with Crippen LogP contribution in [0.1, 0.15) is 49.8 Å². The maximum atomic E-state index is 5.48. The normalized spacial score (nSPS) is 17.7. The van der Waals surface area contributed by atoms with Crippen molar-refractivity contribution in [1.82, 2.24) is 5.32 Å². The third-order valence-electron chi connectivity index (χ3n) is 4.37. The Morgan fingerprint density at radius 2 is 2.10 bits per heavy atom. The number of methoxy groups -OCH3 is 1. The fourth-order valence-electron chi connectivity index (χ4n) is 3.09. The van der Waals surface area contributed by atoms with E-state index in [1.807, 2.05) is 0 Å². The lowest BCUT2D eigenvalue weighted by Crippen LogP contribution is -2.27. The molecular formula is C18H29NO2. The van der Waals surface area contributed by atoms with Crippen LogP contribution in [0.15, 0.2) is 18.2 Å². The molecule has 0 aliphatic carbocycles. The van der Waals surface area contributed by atoms with Crippen LogP contribution in [-0.2, 0) is 4.74 Å². The van der Waals surface area contributed by atoms with Gasteiger partial charge in [0.05, 0.1) is 7.11 Å². The van der Waals surface area contributed by atoms with Gasteiger partial charge in [-0.25, -0.2) is 0 Å². The highest BCUT2D eigenvalue weighted by Crippen LogP contribution is 2.30. The van der Waals surface area contributed by atoms with Crippen LogP contribution in [0.2, 0.25) is 0 Å². The van der Waals surface area contributed by atoms with Gasteiger partial charge in [0.15, 0.2) is 0 Å². The molecule has 1 heterocycles. The highest BCUT2D eigenvalue weighted by Gasteiger charge is 2.20. The highest BCUT2D eigenvalue weighted by atomic mass is 16.5. The smallest absolute Gasteiger partial charge is 0.121 e. The van der Waals surface area contributed by atoms with Crippen LogP contribution < -0.4 is 10.1 Å². The van der Waals surface area contributed by atoms with E-state index in [9.17, 15) is 0 Å². The summed E-state index contributed by atoms with van der Waals surface area (Å²) in [5.41, 5.74) is 2.60. The third-order valence-corrected chi connectivity index (χ3v) is 4.37. The minimum atomic E-state index is 0.442. The van der Waals surface area contributed by atoms with Gasteiger partial charge in [0, 0.05) is 19.3 Å². The molecule has 1 aliphatic heterocycles. The number of benzene rings is 1. The van der Waals surface area contributed by atoms with Crippen molar-refractivity contribution in [3.8, 4) is 5.75 Å². The molecule has 1 N–H and O–H groups in total. The molecule has 2 rings (SSSR count). The van der Waals surface area contributed by atoms with E-state index in [-0.39, 0.29) is 0 Å². The van der Waals surface area contributed by atoms with Crippen molar-refractivity contribution in [2.45, 2.75) is 45.6 Å². The van der Waals surface area contributed by atoms with Gasteiger partial charge in [0.25, 0.3) is 0 Å². The van der Waals surface area contributed by atoms with E-state index >= 15 is 0 Å². The maximum Gasteiger partial charge on any atom is 0.121 e. The van der Waals surface area contributed by atoms with Crippen molar-refractivity contribution in [2.75, 3.05) is 26.9 Å². The second-order valence-electron chi connectivity index (χ2n) is 6.03. The molecule has 1 aromatic carbocycles. The molecule has 0 bridgehead atoms. The Labute approximate surface area is 129 Å². The van der Waals surface area contributed by atoms with Crippen molar-refractivity contribution in [3.05, 3.63) is 29.3 Å². The first-order chi connectivity index (χ1) is 10.2. The number of aryl methyl sites for hydroxylation is 1. The summed E-state index contributed by atoms with van der Waals surface area (Å²) in [6.45, 7) is 7.25. The largest absolute Gasteiger partial charge is 0.496 e. The van der Waals surface area contributed by atoms with Crippen molar-refractivity contribution < 1.29 is 9.47 Å². The van der Waals surface area contributed by atoms with Gasteiger partial charge in [-0.3, -0.25) is 0 Å². The fraction of sp³-hybridized carbons (Fsp3) is 0.667. The molecule has 21 heavy (non-hydrogen) atoms. The Morgan fingerprint density at radius 3 is 2.71 bits per heavy atom. The Balaban J connectivity index is 2.08. The van der Waals surface area contributed by atoms with Gasteiger partial charge in [0.2, 0.25) is 0 Å². The molecule has 0 radical (unpaired) electrons. The predicted molar refractivity (Wildman–Crippen MR) is 86.9 cm³/mol. The number of hydrogen-bond acceptors (Lipinski definition) is 3. The second-order valence-corrected chi connectivity index (χ2v) is 6.03. The van der Waals surface area contributed by atoms with E-state index in [1.165, 1.54) is 36.8 Å². The lowest BCUT2D eigenvalue weighted by Gasteiger charge is -2.28. The van der Waals surface area contributed by atoms with Crippen LogP contribution in [0.5, 0.6) is 5.75 Å². The zero-order valence-electron chi connectivity index (χ0n) is 13.7. The first-order valence-corrected chi connectivity index (χ1v) is 8.20. The molecule has 1 aromatic rings. The molecule has 3 heteroatoms. The summed E-state index contributed by atoms with van der Waals surface area (Å²) < 4.78 is 10.9. The zero-order valence-corrected chi connectivity index (χ0v) is 13.7. The van der Waals surface area contributed by atoms with Gasteiger partial charge in [0.1, 0.15) is 5.75 Å². The van der Waals surface area contributed by atoms with Crippen LogP contribution in [-0.4, -0.2) is 26.9 Å². The lowest BCUT2D eigenvalue weighted by molar-refractivity contribution is 0.0605. The van der Waals surface area contributed by atoms with E-state index in [1.54, 1.807) is 7.11 Å². The van der Waals surface area contributed by atoms with Gasteiger partial charge < -0.3 is 14.8 Å². The maximum absolute atomic E-state index is 5.48. The summed E-state index contributed by atoms with van der Waals surface area (Å²) in [4.78, 5) is 0. The Bertz CT molecular complexity index is 427. The monoisotopic (exact) mass is 291 g/mol. The summed E-state index contributed by atoms with van der Waals surface area (Å²) in [5, 5.41) is 3.72. The number of rotatable bonds is 7. The van der Waals surface area contributed by atoms with Gasteiger partial charge in [-0.2, -0.15) is 0 Å². The first kappa shape index (κ1) is 16.3. The fourth-order valence-corrected chi connectivity index (χ4v) is 3.09. The van der Waals surface area contributed by atoms with Gasteiger partial charge >= 0.3 is 0 Å². The Hall–Kier alpha value is -1.06. The Kier molecular flexibility index (Phi) is 6.52. The molecule has 0 spiro atoms. The van der Waals surface area contributed by atoms with E-state index in [4.69, 9.17) is 9.47 Å². The molecular weight excluding hydrogens is 262 g/mol. The van der Waals surface area contributed by atoms with Crippen molar-refractivity contribution in [2.24, 2.45) is 5.92 Å². The molecule has 1 atom stereocenters. The molecule has 118 valence electrons. The third kappa shape index (κ3) is 4.72. The molecule has 0 saturated carbocycles. The summed E-state index contributed by atoms with van der Waals surface area (Å²) in [5.74, 6) is 1.74. The molecule has 1 fully saturated rings. The summed E-state index contributed by atoms with van der Waals surface area (Å²) >= 11 is 0. The summed E-state index contributed by atoms with van der Waals surface area (Å²) in [7, 11) is 1.73. The lowest BCUT2D eigenvalue weighted by atomic mass is 9.89. The Morgan fingerprint density at radius 1 is 1.33 bits per heavy atom. The topological polar surface area (TPSA) is 30.5 Å². The zero-order chi connectivity index (χ0) is 15.1. The average molecular weight is 291 g/mol. The first-order valence-electron chi connectivity index (χ1n) is 8.20. The highest BCUT2D eigenvalue weighted by molar-refractivity contribution is 5.37. The molecule has 0 aromatic heterocycles. The molecule has 1 aliphatic rings. The van der Waals surface area contributed by atoms with Crippen molar-refractivity contribution in [3.63, 3.8) is 0 Å². The standard InChI is InChI=1S/C18H29NO2/c1-4-9-19-17(13-15-7-10-21-11-8-15)16-5-6-18(20-3)14(2)12-16/h5-6,12,15,17,19H,4,7-11,13H2,1-3H3. The van der Waals surface area contributed by atoms with Crippen molar-refractivity contribution >= 4 is 0 Å². The van der Waals surface area contributed by atoms with Crippen LogP contribution in [0.3, 0.4) is 0 Å². The average Bonchev–Trinajstić information content (AvgIpc) is 2.52. The molecule has 0 amide bonds. The van der Waals surface area contributed by atoms with Gasteiger partial charge in [-0.05, 0) is 62.3 Å². The van der Waals surface area contributed by atoms with Crippen LogP contribution in [0.4, 0.5) is 0 Å². The van der Waals surface area contributed by atoms with E-state index < -0.39 is 0 Å². The number of nitrogens with one attached hydrogen (secondary N) is 1. The second kappa shape index (κ2) is 8.40. The van der Waals surface area contributed by atoms with Crippen LogP contribution >= 0.6 is 0 Å². The quantitative estimate of drug-likeness (QED) is 0.827. The summed E-state index contributed by atoms with van der Waals surface area (Å²) in [6, 6.07) is 7.01. The predicted octanol–water partition coefficient (Wildman–Crippen LogP) is 3.86. The molecule has 1 unspecified atom stereocenters.